The molecule has 0 saturated heterocycles. The Kier molecular flexibility index (Phi) is 7.61. The number of nitriles is 1. The third-order valence-electron chi connectivity index (χ3n) is 5.37. The summed E-state index contributed by atoms with van der Waals surface area (Å²) in [6, 6.07) is 10.0. The lowest BCUT2D eigenvalue weighted by Crippen LogP contribution is -2.12. The Hall–Kier alpha value is -2.63. The van der Waals surface area contributed by atoms with Crippen LogP contribution in [0.4, 0.5) is 5.13 Å². The van der Waals surface area contributed by atoms with Crippen molar-refractivity contribution in [2.45, 2.75) is 56.9 Å². The van der Waals surface area contributed by atoms with Crippen molar-refractivity contribution in [1.29, 1.82) is 5.26 Å². The monoisotopic (exact) mass is 466 g/mol. The fraction of sp³-hybridized carbons (Fsp3) is 0.417. The third-order valence-corrected chi connectivity index (χ3v) is 7.30. The number of hydrogen-bond acceptors (Lipinski definition) is 7. The van der Waals surface area contributed by atoms with Crippen molar-refractivity contribution in [3.8, 4) is 11.8 Å². The highest BCUT2D eigenvalue weighted by Gasteiger charge is 2.15. The molecular weight excluding hydrogens is 440 g/mol. The number of rotatable bonds is 7. The zero-order chi connectivity index (χ0) is 22.3. The lowest BCUT2D eigenvalue weighted by atomic mass is 9.96. The minimum Gasteiger partial charge on any atom is -0.494 e. The number of carbonyl (C=O) groups excluding carboxylic acids is 1. The van der Waals surface area contributed by atoms with E-state index < -0.39 is 0 Å². The predicted molar refractivity (Wildman–Crippen MR) is 130 cm³/mol. The molecule has 3 aromatic rings. The molecule has 166 valence electrons. The number of aromatic nitrogens is 2. The average Bonchev–Trinajstić information content (AvgIpc) is 3.16. The minimum atomic E-state index is -0.0913. The number of ether oxygens (including phenoxy) is 1. The highest BCUT2D eigenvalue weighted by molar-refractivity contribution is 7.99. The standard InChI is InChI=1S/C24H26N4O2S2/c1-2-30-18-9-10-20-21(14-18)32-24(27-20)28-22(29)11-12-31-23-17(15-25)13-16-7-5-3-4-6-8-19(16)26-23/h9-10,13-14H,2-8,11-12H2,1H3,(H,27,28,29). The van der Waals surface area contributed by atoms with Crippen LogP contribution < -0.4 is 10.1 Å². The van der Waals surface area contributed by atoms with Crippen LogP contribution >= 0.6 is 23.1 Å². The Morgan fingerprint density at radius 1 is 1.22 bits per heavy atom. The van der Waals surface area contributed by atoms with Crippen molar-refractivity contribution in [2.24, 2.45) is 0 Å². The summed E-state index contributed by atoms with van der Waals surface area (Å²) in [5.41, 5.74) is 3.79. The summed E-state index contributed by atoms with van der Waals surface area (Å²) in [5.74, 6) is 1.27. The molecular formula is C24H26N4O2S2. The predicted octanol–water partition coefficient (Wildman–Crippen LogP) is 5.74. The van der Waals surface area contributed by atoms with Gasteiger partial charge in [-0.15, -0.1) is 11.8 Å². The summed E-state index contributed by atoms with van der Waals surface area (Å²) in [6.07, 6.45) is 7.08. The first-order chi connectivity index (χ1) is 15.7. The lowest BCUT2D eigenvalue weighted by molar-refractivity contribution is -0.115. The molecule has 0 saturated carbocycles. The van der Waals surface area contributed by atoms with Crippen LogP contribution in [0.15, 0.2) is 29.3 Å². The van der Waals surface area contributed by atoms with Gasteiger partial charge in [0, 0.05) is 17.9 Å². The van der Waals surface area contributed by atoms with Crippen LogP contribution in [0.2, 0.25) is 0 Å². The Balaban J connectivity index is 1.36. The lowest BCUT2D eigenvalue weighted by Gasteiger charge is -2.15. The number of carbonyl (C=O) groups is 1. The molecule has 1 amide bonds. The summed E-state index contributed by atoms with van der Waals surface area (Å²) in [7, 11) is 0. The molecule has 1 aliphatic carbocycles. The topological polar surface area (TPSA) is 87.9 Å². The van der Waals surface area contributed by atoms with Crippen LogP contribution in [0.25, 0.3) is 10.2 Å². The molecule has 2 heterocycles. The summed E-state index contributed by atoms with van der Waals surface area (Å²) in [5, 5.41) is 13.8. The second-order valence-electron chi connectivity index (χ2n) is 7.70. The Bertz CT molecular complexity index is 1150. The Labute approximate surface area is 196 Å². The van der Waals surface area contributed by atoms with Crippen LogP contribution in [0.5, 0.6) is 5.75 Å². The van der Waals surface area contributed by atoms with E-state index in [1.54, 1.807) is 0 Å². The largest absolute Gasteiger partial charge is 0.494 e. The van der Waals surface area contributed by atoms with Crippen molar-refractivity contribution < 1.29 is 9.53 Å². The molecule has 2 aromatic heterocycles. The number of hydrogen-bond donors (Lipinski definition) is 1. The number of anilines is 1. The van der Waals surface area contributed by atoms with Gasteiger partial charge in [-0.05, 0) is 62.4 Å². The first-order valence-corrected chi connectivity index (χ1v) is 12.9. The highest BCUT2D eigenvalue weighted by Crippen LogP contribution is 2.30. The van der Waals surface area contributed by atoms with Crippen LogP contribution in [-0.2, 0) is 17.6 Å². The number of thiazole rings is 1. The summed E-state index contributed by atoms with van der Waals surface area (Å²) in [4.78, 5) is 21.7. The van der Waals surface area contributed by atoms with Gasteiger partial charge in [0.25, 0.3) is 0 Å². The SMILES string of the molecule is CCOc1ccc2nc(NC(=O)CCSc3nc4c(cc3C#N)CCCCCC4)sc2c1. The van der Waals surface area contributed by atoms with Gasteiger partial charge in [-0.2, -0.15) is 5.26 Å². The van der Waals surface area contributed by atoms with E-state index in [-0.39, 0.29) is 5.91 Å². The van der Waals surface area contributed by atoms with Crippen molar-refractivity contribution in [1.82, 2.24) is 9.97 Å². The molecule has 0 radical (unpaired) electrons. The molecule has 4 rings (SSSR count). The van der Waals surface area contributed by atoms with Crippen LogP contribution in [-0.4, -0.2) is 28.2 Å². The summed E-state index contributed by atoms with van der Waals surface area (Å²) >= 11 is 2.92. The first kappa shape index (κ1) is 22.6. The summed E-state index contributed by atoms with van der Waals surface area (Å²) < 4.78 is 6.50. The Morgan fingerprint density at radius 3 is 2.88 bits per heavy atom. The van der Waals surface area contributed by atoms with Gasteiger partial charge < -0.3 is 10.1 Å². The molecule has 1 aromatic carbocycles. The molecule has 0 unspecified atom stereocenters. The normalized spacial score (nSPS) is 13.6. The quantitative estimate of drug-likeness (QED) is 0.447. The fourth-order valence-electron chi connectivity index (χ4n) is 3.80. The van der Waals surface area contributed by atoms with E-state index in [0.717, 1.165) is 52.4 Å². The van der Waals surface area contributed by atoms with Gasteiger partial charge in [-0.3, -0.25) is 4.79 Å². The maximum absolute atomic E-state index is 12.5. The summed E-state index contributed by atoms with van der Waals surface area (Å²) in [6.45, 7) is 2.56. The molecule has 0 aliphatic heterocycles. The van der Waals surface area contributed by atoms with Crippen molar-refractivity contribution in [3.63, 3.8) is 0 Å². The second kappa shape index (κ2) is 10.8. The minimum absolute atomic E-state index is 0.0913. The van der Waals surface area contributed by atoms with Gasteiger partial charge in [0.2, 0.25) is 5.91 Å². The number of benzene rings is 1. The van der Waals surface area contributed by atoms with Gasteiger partial charge in [0.1, 0.15) is 16.8 Å². The molecule has 32 heavy (non-hydrogen) atoms. The van der Waals surface area contributed by atoms with Crippen molar-refractivity contribution in [2.75, 3.05) is 17.7 Å². The molecule has 6 nitrogen and oxygen atoms in total. The van der Waals surface area contributed by atoms with E-state index in [1.165, 1.54) is 41.5 Å². The number of nitrogens with zero attached hydrogens (tertiary/aromatic N) is 3. The molecule has 0 spiro atoms. The van der Waals surface area contributed by atoms with E-state index in [0.29, 0.717) is 29.5 Å². The van der Waals surface area contributed by atoms with Gasteiger partial charge in [-0.25, -0.2) is 9.97 Å². The highest BCUT2D eigenvalue weighted by atomic mass is 32.2. The van der Waals surface area contributed by atoms with Crippen LogP contribution in [0.3, 0.4) is 0 Å². The number of fused-ring (bicyclic) bond motifs is 2. The number of amides is 1. The zero-order valence-corrected chi connectivity index (χ0v) is 19.8. The number of nitrogens with one attached hydrogen (secondary N) is 1. The van der Waals surface area contributed by atoms with E-state index in [4.69, 9.17) is 9.72 Å². The first-order valence-electron chi connectivity index (χ1n) is 11.0. The van der Waals surface area contributed by atoms with E-state index in [9.17, 15) is 10.1 Å². The van der Waals surface area contributed by atoms with Crippen LogP contribution in [0.1, 0.15) is 55.8 Å². The molecule has 0 atom stereocenters. The number of pyridine rings is 1. The van der Waals surface area contributed by atoms with Crippen molar-refractivity contribution in [3.05, 3.63) is 41.1 Å². The van der Waals surface area contributed by atoms with E-state index in [2.05, 4.69) is 16.4 Å². The molecule has 0 fully saturated rings. The van der Waals surface area contributed by atoms with Gasteiger partial charge in [-0.1, -0.05) is 24.2 Å². The van der Waals surface area contributed by atoms with E-state index in [1.807, 2.05) is 31.2 Å². The van der Waals surface area contributed by atoms with Gasteiger partial charge in [0.05, 0.1) is 22.4 Å². The number of thioether (sulfide) groups is 1. The zero-order valence-electron chi connectivity index (χ0n) is 18.1. The second-order valence-corrected chi connectivity index (χ2v) is 9.82. The van der Waals surface area contributed by atoms with Gasteiger partial charge >= 0.3 is 0 Å². The maximum atomic E-state index is 12.5. The van der Waals surface area contributed by atoms with Gasteiger partial charge in [0.15, 0.2) is 5.13 Å². The average molecular weight is 467 g/mol. The molecule has 8 heteroatoms. The molecule has 1 aliphatic rings. The molecule has 0 bridgehead atoms. The smallest absolute Gasteiger partial charge is 0.226 e. The number of aryl methyl sites for hydroxylation is 2. The van der Waals surface area contributed by atoms with Crippen molar-refractivity contribution >= 4 is 44.4 Å². The Morgan fingerprint density at radius 2 is 2.06 bits per heavy atom. The van der Waals surface area contributed by atoms with E-state index >= 15 is 0 Å². The third kappa shape index (κ3) is 5.59. The fourth-order valence-corrected chi connectivity index (χ4v) is 5.62. The van der Waals surface area contributed by atoms with Crippen LogP contribution in [0, 0.1) is 11.3 Å². The maximum Gasteiger partial charge on any atom is 0.226 e. The molecule has 1 N–H and O–H groups in total.